The fraction of sp³-hybridized carbons (Fsp3) is 0.133. The van der Waals surface area contributed by atoms with Gasteiger partial charge >= 0.3 is 0 Å². The van der Waals surface area contributed by atoms with Crippen LogP contribution >= 0.6 is 0 Å². The number of nitrogen functional groups attached to an aromatic ring is 1. The molecule has 2 aromatic rings. The van der Waals surface area contributed by atoms with Crippen LogP contribution in [0.3, 0.4) is 0 Å². The summed E-state index contributed by atoms with van der Waals surface area (Å²) in [6.07, 6.45) is 0. The molecule has 0 spiro atoms. The molecule has 0 aliphatic heterocycles. The number of para-hydroxylation sites is 1. The van der Waals surface area contributed by atoms with Crippen LogP contribution in [-0.4, -0.2) is 15.9 Å². The van der Waals surface area contributed by atoms with Gasteiger partial charge in [-0.25, -0.2) is 0 Å². The topological polar surface area (TPSA) is 72.2 Å². The molecule has 0 heterocycles. The molecule has 104 valence electrons. The summed E-state index contributed by atoms with van der Waals surface area (Å²) >= 11 is 0. The summed E-state index contributed by atoms with van der Waals surface area (Å²) < 4.78 is 12.1. The first kappa shape index (κ1) is 14.3. The fourth-order valence-corrected chi connectivity index (χ4v) is 2.72. The minimum atomic E-state index is -1.37. The second kappa shape index (κ2) is 6.34. The number of hydrogen-bond donors (Lipinski definition) is 2. The third-order valence-electron chi connectivity index (χ3n) is 2.82. The van der Waals surface area contributed by atoms with Crippen molar-refractivity contribution in [1.82, 2.24) is 0 Å². The summed E-state index contributed by atoms with van der Waals surface area (Å²) in [7, 11) is -1.37. The Morgan fingerprint density at radius 2 is 1.90 bits per heavy atom. The molecular weight excluding hydrogens is 272 g/mol. The standard InChI is InChI=1S/C15H16N2O2S/c1-11-9-13(7-8-14(11)16)20(19)10-15(18)17-12-5-3-2-4-6-12/h2-9H,10,16H2,1H3,(H,17,18). The number of nitrogens with two attached hydrogens (primary N) is 1. The highest BCUT2D eigenvalue weighted by molar-refractivity contribution is 7.85. The Morgan fingerprint density at radius 1 is 1.20 bits per heavy atom. The van der Waals surface area contributed by atoms with Crippen LogP contribution in [0.5, 0.6) is 0 Å². The smallest absolute Gasteiger partial charge is 0.237 e. The summed E-state index contributed by atoms with van der Waals surface area (Å²) in [5.41, 5.74) is 7.92. The number of carbonyl (C=O) groups excluding carboxylic acids is 1. The van der Waals surface area contributed by atoms with Gasteiger partial charge in [-0.3, -0.25) is 9.00 Å². The molecule has 0 aromatic heterocycles. The van der Waals surface area contributed by atoms with Crippen LogP contribution in [-0.2, 0) is 15.6 Å². The van der Waals surface area contributed by atoms with E-state index in [1.54, 1.807) is 30.3 Å². The van der Waals surface area contributed by atoms with Crippen molar-refractivity contribution < 1.29 is 9.00 Å². The van der Waals surface area contributed by atoms with Crippen LogP contribution < -0.4 is 11.1 Å². The van der Waals surface area contributed by atoms with E-state index in [0.717, 1.165) is 5.56 Å². The van der Waals surface area contributed by atoms with Gasteiger partial charge in [0.15, 0.2) is 0 Å². The second-order valence-electron chi connectivity index (χ2n) is 4.42. The van der Waals surface area contributed by atoms with Gasteiger partial charge in [0, 0.05) is 16.3 Å². The van der Waals surface area contributed by atoms with E-state index in [4.69, 9.17) is 5.73 Å². The maximum atomic E-state index is 12.1. The zero-order chi connectivity index (χ0) is 14.5. The van der Waals surface area contributed by atoms with Gasteiger partial charge in [-0.2, -0.15) is 0 Å². The van der Waals surface area contributed by atoms with Crippen molar-refractivity contribution in [3.8, 4) is 0 Å². The molecule has 2 rings (SSSR count). The normalized spacial score (nSPS) is 11.8. The lowest BCUT2D eigenvalue weighted by atomic mass is 10.2. The number of hydrogen-bond acceptors (Lipinski definition) is 3. The molecule has 0 saturated carbocycles. The van der Waals surface area contributed by atoms with E-state index in [9.17, 15) is 9.00 Å². The lowest BCUT2D eigenvalue weighted by molar-refractivity contribution is -0.113. The number of rotatable bonds is 4. The summed E-state index contributed by atoms with van der Waals surface area (Å²) in [6, 6.07) is 14.2. The third-order valence-corrected chi connectivity index (χ3v) is 4.13. The van der Waals surface area contributed by atoms with E-state index in [-0.39, 0.29) is 11.7 Å². The summed E-state index contributed by atoms with van der Waals surface area (Å²) in [6.45, 7) is 1.85. The van der Waals surface area contributed by atoms with Gasteiger partial charge in [0.05, 0.1) is 10.8 Å². The molecule has 1 unspecified atom stereocenters. The van der Waals surface area contributed by atoms with Gasteiger partial charge in [-0.1, -0.05) is 18.2 Å². The van der Waals surface area contributed by atoms with Crippen LogP contribution in [0.2, 0.25) is 0 Å². The van der Waals surface area contributed by atoms with Gasteiger partial charge in [0.1, 0.15) is 5.75 Å². The summed E-state index contributed by atoms with van der Waals surface area (Å²) in [4.78, 5) is 12.4. The van der Waals surface area contributed by atoms with Crippen LogP contribution in [0.15, 0.2) is 53.4 Å². The minimum Gasteiger partial charge on any atom is -0.399 e. The molecule has 2 aromatic carbocycles. The van der Waals surface area contributed by atoms with Gasteiger partial charge in [-0.15, -0.1) is 0 Å². The highest BCUT2D eigenvalue weighted by Gasteiger charge is 2.11. The molecule has 0 aliphatic rings. The largest absolute Gasteiger partial charge is 0.399 e. The average molecular weight is 288 g/mol. The lowest BCUT2D eigenvalue weighted by Gasteiger charge is -2.07. The highest BCUT2D eigenvalue weighted by atomic mass is 32.2. The molecule has 4 nitrogen and oxygen atoms in total. The zero-order valence-electron chi connectivity index (χ0n) is 11.1. The maximum absolute atomic E-state index is 12.1. The quantitative estimate of drug-likeness (QED) is 0.848. The second-order valence-corrected chi connectivity index (χ2v) is 5.87. The highest BCUT2D eigenvalue weighted by Crippen LogP contribution is 2.16. The van der Waals surface area contributed by atoms with Crippen molar-refractivity contribution in [2.24, 2.45) is 0 Å². The predicted octanol–water partition coefficient (Wildman–Crippen LogP) is 2.32. The van der Waals surface area contributed by atoms with Gasteiger partial charge in [-0.05, 0) is 42.8 Å². The Labute approximate surface area is 120 Å². The number of amides is 1. The van der Waals surface area contributed by atoms with Crippen molar-refractivity contribution in [2.45, 2.75) is 11.8 Å². The minimum absolute atomic E-state index is 0.0712. The summed E-state index contributed by atoms with van der Waals surface area (Å²) in [5.74, 6) is -0.345. The van der Waals surface area contributed by atoms with E-state index < -0.39 is 10.8 Å². The molecular formula is C15H16N2O2S. The molecule has 0 aliphatic carbocycles. The Hall–Kier alpha value is -2.14. The molecule has 0 fully saturated rings. The molecule has 0 saturated heterocycles. The molecule has 5 heteroatoms. The zero-order valence-corrected chi connectivity index (χ0v) is 11.9. The molecule has 3 N–H and O–H groups in total. The monoisotopic (exact) mass is 288 g/mol. The van der Waals surface area contributed by atoms with Crippen LogP contribution in [0.25, 0.3) is 0 Å². The van der Waals surface area contributed by atoms with Crippen molar-refractivity contribution in [2.75, 3.05) is 16.8 Å². The molecule has 1 atom stereocenters. The van der Waals surface area contributed by atoms with Crippen molar-refractivity contribution in [3.05, 3.63) is 54.1 Å². The van der Waals surface area contributed by atoms with E-state index in [2.05, 4.69) is 5.32 Å². The van der Waals surface area contributed by atoms with Gasteiger partial charge in [0.25, 0.3) is 0 Å². The lowest BCUT2D eigenvalue weighted by Crippen LogP contribution is -2.19. The Kier molecular flexibility index (Phi) is 4.53. The average Bonchev–Trinajstić information content (AvgIpc) is 2.42. The first-order chi connectivity index (χ1) is 9.56. The summed E-state index contributed by atoms with van der Waals surface area (Å²) in [5, 5.41) is 2.71. The number of benzene rings is 2. The van der Waals surface area contributed by atoms with E-state index in [1.165, 1.54) is 0 Å². The molecule has 0 radical (unpaired) electrons. The molecule has 20 heavy (non-hydrogen) atoms. The predicted molar refractivity (Wildman–Crippen MR) is 81.9 cm³/mol. The van der Waals surface area contributed by atoms with Crippen LogP contribution in [0.4, 0.5) is 11.4 Å². The Bertz CT molecular complexity index is 642. The first-order valence-electron chi connectivity index (χ1n) is 6.15. The molecule has 1 amide bonds. The number of aryl methyl sites for hydroxylation is 1. The maximum Gasteiger partial charge on any atom is 0.237 e. The van der Waals surface area contributed by atoms with E-state index in [0.29, 0.717) is 16.3 Å². The molecule has 0 bridgehead atoms. The van der Waals surface area contributed by atoms with Gasteiger partial charge < -0.3 is 11.1 Å². The Balaban J connectivity index is 2.00. The first-order valence-corrected chi connectivity index (χ1v) is 7.47. The van der Waals surface area contributed by atoms with Crippen molar-refractivity contribution >= 4 is 28.1 Å². The van der Waals surface area contributed by atoms with E-state index >= 15 is 0 Å². The van der Waals surface area contributed by atoms with Gasteiger partial charge in [0.2, 0.25) is 5.91 Å². The van der Waals surface area contributed by atoms with Crippen molar-refractivity contribution in [1.29, 1.82) is 0 Å². The number of anilines is 2. The van der Waals surface area contributed by atoms with Crippen molar-refractivity contribution in [3.63, 3.8) is 0 Å². The fourth-order valence-electron chi connectivity index (χ4n) is 1.71. The number of nitrogens with one attached hydrogen (secondary N) is 1. The van der Waals surface area contributed by atoms with Crippen LogP contribution in [0, 0.1) is 6.92 Å². The number of carbonyl (C=O) groups is 1. The Morgan fingerprint density at radius 3 is 2.55 bits per heavy atom. The van der Waals surface area contributed by atoms with E-state index in [1.807, 2.05) is 25.1 Å². The SMILES string of the molecule is Cc1cc(S(=O)CC(=O)Nc2ccccc2)ccc1N. The third kappa shape index (κ3) is 3.68. The van der Waals surface area contributed by atoms with Crippen LogP contribution in [0.1, 0.15) is 5.56 Å².